The fourth-order valence-corrected chi connectivity index (χ4v) is 1.34. The molecule has 0 aliphatic carbocycles. The van der Waals surface area contributed by atoms with Gasteiger partial charge in [0.15, 0.2) is 0 Å². The molecule has 2 N–H and O–H groups in total. The van der Waals surface area contributed by atoms with Crippen molar-refractivity contribution in [3.63, 3.8) is 0 Å². The summed E-state index contributed by atoms with van der Waals surface area (Å²) in [4.78, 5) is 10.3. The van der Waals surface area contributed by atoms with Gasteiger partial charge >= 0.3 is 0 Å². The summed E-state index contributed by atoms with van der Waals surface area (Å²) in [5.74, 6) is 0.900. The highest BCUT2D eigenvalue weighted by atomic mass is 16.5. The molecular weight excluding hydrogens is 206 g/mol. The highest BCUT2D eigenvalue weighted by Gasteiger charge is 2.07. The van der Waals surface area contributed by atoms with E-state index in [-0.39, 0.29) is 0 Å². The average Bonchev–Trinajstić information content (AvgIpc) is 2.64. The monoisotopic (exact) mass is 221 g/mol. The standard InChI is InChI=1S/C10H15N5O/c1-14(2)5-6-16-10-9-12-3-4-15(9)7-8(11)13-10/h3-4,7H,5-6,11H2,1-2H3. The van der Waals surface area contributed by atoms with Gasteiger partial charge in [-0.25, -0.2) is 4.98 Å². The third kappa shape index (κ3) is 2.22. The first-order valence-electron chi connectivity index (χ1n) is 5.03. The summed E-state index contributed by atoms with van der Waals surface area (Å²) >= 11 is 0. The van der Waals surface area contributed by atoms with Crippen LogP contribution in [0, 0.1) is 0 Å². The van der Waals surface area contributed by atoms with Crippen LogP contribution in [-0.2, 0) is 0 Å². The molecule has 0 saturated carbocycles. The molecule has 0 amide bonds. The molecule has 6 nitrogen and oxygen atoms in total. The van der Waals surface area contributed by atoms with E-state index in [2.05, 4.69) is 9.97 Å². The molecule has 2 aromatic heterocycles. The number of fused-ring (bicyclic) bond motifs is 1. The Morgan fingerprint density at radius 1 is 1.50 bits per heavy atom. The number of anilines is 1. The molecular formula is C10H15N5O. The number of ether oxygens (including phenoxy) is 1. The molecule has 86 valence electrons. The van der Waals surface area contributed by atoms with Gasteiger partial charge in [-0.3, -0.25) is 4.40 Å². The van der Waals surface area contributed by atoms with Gasteiger partial charge in [0, 0.05) is 18.9 Å². The van der Waals surface area contributed by atoms with Gasteiger partial charge in [0.05, 0.1) is 6.20 Å². The zero-order chi connectivity index (χ0) is 11.5. The quantitative estimate of drug-likeness (QED) is 0.801. The van der Waals surface area contributed by atoms with Crippen LogP contribution in [0.5, 0.6) is 5.88 Å². The molecule has 0 unspecified atom stereocenters. The van der Waals surface area contributed by atoms with Crippen molar-refractivity contribution in [1.82, 2.24) is 19.3 Å². The second-order valence-corrected chi connectivity index (χ2v) is 3.78. The van der Waals surface area contributed by atoms with Crippen molar-refractivity contribution in [3.05, 3.63) is 18.6 Å². The Bertz CT molecular complexity index is 479. The number of likely N-dealkylation sites (N-methyl/N-ethyl adjacent to an activating group) is 1. The van der Waals surface area contributed by atoms with Gasteiger partial charge < -0.3 is 15.4 Å². The summed E-state index contributed by atoms with van der Waals surface area (Å²) in [5.41, 5.74) is 6.35. The van der Waals surface area contributed by atoms with E-state index in [9.17, 15) is 0 Å². The van der Waals surface area contributed by atoms with Gasteiger partial charge in [-0.1, -0.05) is 0 Å². The minimum absolute atomic E-state index is 0.422. The highest BCUT2D eigenvalue weighted by Crippen LogP contribution is 2.16. The van der Waals surface area contributed by atoms with Crippen molar-refractivity contribution in [1.29, 1.82) is 0 Å². The van der Waals surface area contributed by atoms with E-state index in [1.165, 1.54) is 0 Å². The third-order valence-electron chi connectivity index (χ3n) is 2.14. The number of hydrogen-bond acceptors (Lipinski definition) is 5. The Labute approximate surface area is 93.7 Å². The molecule has 2 aromatic rings. The maximum atomic E-state index is 5.67. The van der Waals surface area contributed by atoms with E-state index in [4.69, 9.17) is 10.5 Å². The van der Waals surface area contributed by atoms with Crippen molar-refractivity contribution < 1.29 is 4.74 Å². The van der Waals surface area contributed by atoms with Gasteiger partial charge in [0.25, 0.3) is 5.88 Å². The van der Waals surface area contributed by atoms with Gasteiger partial charge in [-0.05, 0) is 14.1 Å². The van der Waals surface area contributed by atoms with Gasteiger partial charge in [0.1, 0.15) is 12.4 Å². The Morgan fingerprint density at radius 3 is 3.06 bits per heavy atom. The zero-order valence-electron chi connectivity index (χ0n) is 9.42. The van der Waals surface area contributed by atoms with Crippen LogP contribution in [0.3, 0.4) is 0 Å². The molecule has 0 spiro atoms. The molecule has 0 atom stereocenters. The SMILES string of the molecule is CN(C)CCOc1nc(N)cn2ccnc12. The molecule has 0 fully saturated rings. The molecule has 16 heavy (non-hydrogen) atoms. The second-order valence-electron chi connectivity index (χ2n) is 3.78. The van der Waals surface area contributed by atoms with E-state index in [0.29, 0.717) is 24.0 Å². The van der Waals surface area contributed by atoms with Crippen molar-refractivity contribution in [3.8, 4) is 5.88 Å². The van der Waals surface area contributed by atoms with E-state index >= 15 is 0 Å². The molecule has 0 radical (unpaired) electrons. The van der Waals surface area contributed by atoms with Crippen molar-refractivity contribution in [2.24, 2.45) is 0 Å². The van der Waals surface area contributed by atoms with E-state index < -0.39 is 0 Å². The fourth-order valence-electron chi connectivity index (χ4n) is 1.34. The highest BCUT2D eigenvalue weighted by molar-refractivity contribution is 5.52. The van der Waals surface area contributed by atoms with Crippen LogP contribution in [-0.4, -0.2) is 46.5 Å². The molecule has 6 heteroatoms. The topological polar surface area (TPSA) is 68.7 Å². The maximum Gasteiger partial charge on any atom is 0.260 e. The van der Waals surface area contributed by atoms with E-state index in [1.54, 1.807) is 16.8 Å². The summed E-state index contributed by atoms with van der Waals surface area (Å²) in [6.45, 7) is 1.38. The molecule has 0 aliphatic rings. The smallest absolute Gasteiger partial charge is 0.260 e. The summed E-state index contributed by atoms with van der Waals surface area (Å²) < 4.78 is 7.35. The number of nitrogen functional groups attached to an aromatic ring is 1. The van der Waals surface area contributed by atoms with E-state index in [1.807, 2.05) is 25.2 Å². The minimum atomic E-state index is 0.422. The predicted molar refractivity (Wildman–Crippen MR) is 61.4 cm³/mol. The van der Waals surface area contributed by atoms with Gasteiger partial charge in [0.2, 0.25) is 5.65 Å². The lowest BCUT2D eigenvalue weighted by atomic mass is 10.6. The fraction of sp³-hybridized carbons (Fsp3) is 0.400. The molecule has 2 rings (SSSR count). The van der Waals surface area contributed by atoms with Crippen molar-refractivity contribution in [2.75, 3.05) is 33.0 Å². The van der Waals surface area contributed by atoms with Crippen LogP contribution < -0.4 is 10.5 Å². The Hall–Kier alpha value is -1.82. The number of hydrogen-bond donors (Lipinski definition) is 1. The predicted octanol–water partition coefficient (Wildman–Crippen LogP) is 0.252. The number of imidazole rings is 1. The molecule has 0 aliphatic heterocycles. The van der Waals surface area contributed by atoms with Crippen molar-refractivity contribution in [2.45, 2.75) is 0 Å². The average molecular weight is 221 g/mol. The van der Waals surface area contributed by atoms with Crippen LogP contribution in [0.1, 0.15) is 0 Å². The summed E-state index contributed by atoms with van der Waals surface area (Å²) in [6.07, 6.45) is 5.21. The van der Waals surface area contributed by atoms with Crippen LogP contribution in [0.15, 0.2) is 18.6 Å². The lowest BCUT2D eigenvalue weighted by Gasteiger charge is -2.11. The van der Waals surface area contributed by atoms with Crippen LogP contribution in [0.25, 0.3) is 5.65 Å². The maximum absolute atomic E-state index is 5.67. The first-order chi connectivity index (χ1) is 7.66. The summed E-state index contributed by atoms with van der Waals surface area (Å²) in [5, 5.41) is 0. The number of rotatable bonds is 4. The van der Waals surface area contributed by atoms with Crippen LogP contribution in [0.2, 0.25) is 0 Å². The van der Waals surface area contributed by atoms with Gasteiger partial charge in [-0.15, -0.1) is 0 Å². The largest absolute Gasteiger partial charge is 0.474 e. The lowest BCUT2D eigenvalue weighted by molar-refractivity contribution is 0.255. The second kappa shape index (κ2) is 4.36. The lowest BCUT2D eigenvalue weighted by Crippen LogP contribution is -2.20. The van der Waals surface area contributed by atoms with Crippen LogP contribution in [0.4, 0.5) is 5.82 Å². The summed E-state index contributed by atoms with van der Waals surface area (Å²) in [6, 6.07) is 0. The minimum Gasteiger partial charge on any atom is -0.474 e. The van der Waals surface area contributed by atoms with Gasteiger partial charge in [-0.2, -0.15) is 4.98 Å². The number of nitrogens with two attached hydrogens (primary N) is 1. The molecule has 0 bridgehead atoms. The normalized spacial score (nSPS) is 11.2. The first-order valence-corrected chi connectivity index (χ1v) is 5.03. The molecule has 0 aromatic carbocycles. The first kappa shape index (κ1) is 10.7. The molecule has 2 heterocycles. The summed E-state index contributed by atoms with van der Waals surface area (Å²) in [7, 11) is 3.97. The van der Waals surface area contributed by atoms with Crippen LogP contribution >= 0.6 is 0 Å². The number of aromatic nitrogens is 3. The Morgan fingerprint density at radius 2 is 2.31 bits per heavy atom. The zero-order valence-corrected chi connectivity index (χ0v) is 9.42. The number of nitrogens with zero attached hydrogens (tertiary/aromatic N) is 4. The Kier molecular flexibility index (Phi) is 2.91. The van der Waals surface area contributed by atoms with Crippen molar-refractivity contribution >= 4 is 11.5 Å². The molecule has 0 saturated heterocycles. The van der Waals surface area contributed by atoms with E-state index in [0.717, 1.165) is 6.54 Å². The Balaban J connectivity index is 2.19. The third-order valence-corrected chi connectivity index (χ3v) is 2.14.